The molecule has 3 rings (SSSR count). The fourth-order valence-corrected chi connectivity index (χ4v) is 2.50. The molecule has 0 saturated carbocycles. The number of nitrogens with zero attached hydrogens (tertiary/aromatic N) is 1. The number of nitrogens with one attached hydrogen (secondary N) is 2. The van der Waals surface area contributed by atoms with Gasteiger partial charge in [0.15, 0.2) is 0 Å². The predicted molar refractivity (Wildman–Crippen MR) is 101 cm³/mol. The first kappa shape index (κ1) is 17.2. The Morgan fingerprint density at radius 3 is 2.50 bits per heavy atom. The number of rotatable bonds is 4. The number of para-hydroxylation sites is 1. The van der Waals surface area contributed by atoms with E-state index >= 15 is 0 Å². The molecular formula is C20H17N3O3. The number of hydrogen-bond acceptors (Lipinski definition) is 4. The standard InChI is InChI=1S/C20H17N3O3/c1-26-18-12-5-3-8-15(18)13-21-23-20(25)19(24)22-17-11-6-9-14-7-2-4-10-16(14)17/h2-13H,1H3,(H,22,24)(H,23,25)/b21-13-. The molecule has 130 valence electrons. The van der Waals surface area contributed by atoms with Crippen molar-refractivity contribution < 1.29 is 14.3 Å². The van der Waals surface area contributed by atoms with Crippen LogP contribution in [0.3, 0.4) is 0 Å². The summed E-state index contributed by atoms with van der Waals surface area (Å²) in [5.74, 6) is -1.03. The van der Waals surface area contributed by atoms with Gasteiger partial charge in [-0.25, -0.2) is 5.43 Å². The van der Waals surface area contributed by atoms with E-state index < -0.39 is 11.8 Å². The van der Waals surface area contributed by atoms with Crippen LogP contribution in [0.2, 0.25) is 0 Å². The van der Waals surface area contributed by atoms with Gasteiger partial charge < -0.3 is 10.1 Å². The maximum Gasteiger partial charge on any atom is 0.329 e. The van der Waals surface area contributed by atoms with E-state index in [1.807, 2.05) is 48.5 Å². The first-order valence-electron chi connectivity index (χ1n) is 7.94. The number of benzene rings is 3. The number of carbonyl (C=O) groups is 2. The SMILES string of the molecule is COc1ccccc1/C=N\NC(=O)C(=O)Nc1cccc2ccccc12. The highest BCUT2D eigenvalue weighted by atomic mass is 16.5. The molecule has 3 aromatic rings. The quantitative estimate of drug-likeness (QED) is 0.433. The number of methoxy groups -OCH3 is 1. The largest absolute Gasteiger partial charge is 0.496 e. The number of anilines is 1. The molecule has 0 radical (unpaired) electrons. The minimum atomic E-state index is -0.857. The summed E-state index contributed by atoms with van der Waals surface area (Å²) in [6.07, 6.45) is 1.42. The highest BCUT2D eigenvalue weighted by Crippen LogP contribution is 2.22. The summed E-state index contributed by atoms with van der Waals surface area (Å²) in [4.78, 5) is 24.1. The molecule has 0 spiro atoms. The molecule has 0 fully saturated rings. The number of amides is 2. The zero-order valence-electron chi connectivity index (χ0n) is 14.1. The minimum absolute atomic E-state index is 0.567. The lowest BCUT2D eigenvalue weighted by Gasteiger charge is -2.07. The lowest BCUT2D eigenvalue weighted by molar-refractivity contribution is -0.136. The maximum atomic E-state index is 12.1. The Hall–Kier alpha value is -3.67. The van der Waals surface area contributed by atoms with E-state index in [1.165, 1.54) is 6.21 Å². The molecule has 2 N–H and O–H groups in total. The van der Waals surface area contributed by atoms with Crippen LogP contribution in [0.15, 0.2) is 71.8 Å². The number of fused-ring (bicyclic) bond motifs is 1. The Morgan fingerprint density at radius 1 is 0.923 bits per heavy atom. The zero-order valence-corrected chi connectivity index (χ0v) is 14.1. The highest BCUT2D eigenvalue weighted by molar-refractivity contribution is 6.40. The van der Waals surface area contributed by atoms with E-state index in [2.05, 4.69) is 15.8 Å². The molecule has 0 bridgehead atoms. The van der Waals surface area contributed by atoms with Gasteiger partial charge in [-0.2, -0.15) is 5.10 Å². The Bertz CT molecular complexity index is 977. The van der Waals surface area contributed by atoms with Crippen molar-refractivity contribution in [2.75, 3.05) is 12.4 Å². The Labute approximate surface area is 150 Å². The molecule has 0 heterocycles. The van der Waals surface area contributed by atoms with Crippen molar-refractivity contribution in [2.24, 2.45) is 5.10 Å². The summed E-state index contributed by atoms with van der Waals surface area (Å²) >= 11 is 0. The van der Waals surface area contributed by atoms with Gasteiger partial charge in [-0.05, 0) is 23.6 Å². The Balaban J connectivity index is 1.66. The van der Waals surface area contributed by atoms with Gasteiger partial charge in [0.1, 0.15) is 5.75 Å². The van der Waals surface area contributed by atoms with Crippen LogP contribution >= 0.6 is 0 Å². The van der Waals surface area contributed by atoms with Crippen LogP contribution in [0, 0.1) is 0 Å². The molecular weight excluding hydrogens is 330 g/mol. The second-order valence-electron chi connectivity index (χ2n) is 5.42. The van der Waals surface area contributed by atoms with E-state index in [-0.39, 0.29) is 0 Å². The van der Waals surface area contributed by atoms with E-state index in [0.717, 1.165) is 10.8 Å². The Kier molecular flexibility index (Phi) is 5.24. The predicted octanol–water partition coefficient (Wildman–Crippen LogP) is 2.94. The van der Waals surface area contributed by atoms with Gasteiger partial charge in [0, 0.05) is 16.6 Å². The summed E-state index contributed by atoms with van der Waals surface area (Å²) in [6, 6.07) is 20.3. The summed E-state index contributed by atoms with van der Waals surface area (Å²) in [5.41, 5.74) is 3.47. The molecule has 0 aromatic heterocycles. The molecule has 2 amide bonds. The van der Waals surface area contributed by atoms with Gasteiger partial charge in [-0.1, -0.05) is 48.5 Å². The second kappa shape index (κ2) is 7.94. The van der Waals surface area contributed by atoms with Crippen molar-refractivity contribution in [3.8, 4) is 5.75 Å². The number of hydrogen-bond donors (Lipinski definition) is 2. The van der Waals surface area contributed by atoms with Crippen molar-refractivity contribution >= 4 is 34.5 Å². The third kappa shape index (κ3) is 3.87. The average molecular weight is 347 g/mol. The van der Waals surface area contributed by atoms with Gasteiger partial charge >= 0.3 is 11.8 Å². The van der Waals surface area contributed by atoms with Crippen LogP contribution < -0.4 is 15.5 Å². The van der Waals surface area contributed by atoms with E-state index in [9.17, 15) is 9.59 Å². The van der Waals surface area contributed by atoms with E-state index in [0.29, 0.717) is 17.0 Å². The lowest BCUT2D eigenvalue weighted by atomic mass is 10.1. The first-order valence-corrected chi connectivity index (χ1v) is 7.94. The van der Waals surface area contributed by atoms with Gasteiger partial charge in [0.2, 0.25) is 0 Å². The first-order chi connectivity index (χ1) is 12.7. The minimum Gasteiger partial charge on any atom is -0.496 e. The van der Waals surface area contributed by atoms with Crippen LogP contribution in [0.25, 0.3) is 10.8 Å². The van der Waals surface area contributed by atoms with Gasteiger partial charge in [-0.3, -0.25) is 9.59 Å². The van der Waals surface area contributed by atoms with Crippen molar-refractivity contribution in [3.63, 3.8) is 0 Å². The van der Waals surface area contributed by atoms with E-state index in [4.69, 9.17) is 4.74 Å². The fraction of sp³-hybridized carbons (Fsp3) is 0.0500. The fourth-order valence-electron chi connectivity index (χ4n) is 2.50. The molecule has 3 aromatic carbocycles. The number of carbonyl (C=O) groups excluding carboxylic acids is 2. The molecule has 0 aliphatic heterocycles. The molecule has 0 aliphatic carbocycles. The average Bonchev–Trinajstić information content (AvgIpc) is 2.68. The van der Waals surface area contributed by atoms with E-state index in [1.54, 1.807) is 25.3 Å². The Morgan fingerprint density at radius 2 is 1.65 bits per heavy atom. The summed E-state index contributed by atoms with van der Waals surface area (Å²) < 4.78 is 5.19. The zero-order chi connectivity index (χ0) is 18.4. The molecule has 6 heteroatoms. The van der Waals surface area contributed by atoms with Crippen molar-refractivity contribution in [1.82, 2.24) is 5.43 Å². The van der Waals surface area contributed by atoms with Crippen molar-refractivity contribution in [2.45, 2.75) is 0 Å². The van der Waals surface area contributed by atoms with Crippen molar-refractivity contribution in [1.29, 1.82) is 0 Å². The van der Waals surface area contributed by atoms with Crippen LogP contribution in [0.4, 0.5) is 5.69 Å². The van der Waals surface area contributed by atoms with Gasteiger partial charge in [0.05, 0.1) is 13.3 Å². The smallest absolute Gasteiger partial charge is 0.329 e. The molecule has 0 atom stereocenters. The molecule has 0 unspecified atom stereocenters. The lowest BCUT2D eigenvalue weighted by Crippen LogP contribution is -2.32. The summed E-state index contributed by atoms with van der Waals surface area (Å²) in [7, 11) is 1.54. The second-order valence-corrected chi connectivity index (χ2v) is 5.42. The highest BCUT2D eigenvalue weighted by Gasteiger charge is 2.14. The normalized spacial score (nSPS) is 10.7. The summed E-state index contributed by atoms with van der Waals surface area (Å²) in [6.45, 7) is 0. The monoisotopic (exact) mass is 347 g/mol. The molecule has 0 saturated heterocycles. The third-order valence-electron chi connectivity index (χ3n) is 3.75. The summed E-state index contributed by atoms with van der Waals surface area (Å²) in [5, 5.41) is 8.24. The number of hydrazone groups is 1. The van der Waals surface area contributed by atoms with Gasteiger partial charge in [0.25, 0.3) is 0 Å². The van der Waals surface area contributed by atoms with Crippen LogP contribution in [0.5, 0.6) is 5.75 Å². The van der Waals surface area contributed by atoms with Gasteiger partial charge in [-0.15, -0.1) is 0 Å². The maximum absolute atomic E-state index is 12.1. The number of ether oxygens (including phenoxy) is 1. The topological polar surface area (TPSA) is 79.8 Å². The third-order valence-corrected chi connectivity index (χ3v) is 3.75. The van der Waals surface area contributed by atoms with Crippen molar-refractivity contribution in [3.05, 3.63) is 72.3 Å². The van der Waals surface area contributed by atoms with Crippen LogP contribution in [-0.4, -0.2) is 25.1 Å². The van der Waals surface area contributed by atoms with Crippen LogP contribution in [-0.2, 0) is 9.59 Å². The van der Waals surface area contributed by atoms with Crippen LogP contribution in [0.1, 0.15) is 5.56 Å². The molecule has 0 aliphatic rings. The molecule has 6 nitrogen and oxygen atoms in total. The molecule has 26 heavy (non-hydrogen) atoms.